The zero-order valence-electron chi connectivity index (χ0n) is 11.9. The third-order valence-corrected chi connectivity index (χ3v) is 4.01. The Hall–Kier alpha value is -1.64. The number of carbonyl (C=O) groups is 2. The van der Waals surface area contributed by atoms with Crippen molar-refractivity contribution in [2.45, 2.75) is 24.7 Å². The average Bonchev–Trinajstić information content (AvgIpc) is 2.52. The second-order valence-corrected chi connectivity index (χ2v) is 6.00. The van der Waals surface area contributed by atoms with Gasteiger partial charge in [0.2, 0.25) is 10.5 Å². The minimum atomic E-state index is -0.420. The van der Waals surface area contributed by atoms with E-state index in [1.165, 1.54) is 0 Å². The molecule has 0 fully saturated rings. The first-order chi connectivity index (χ1) is 10.6. The molecule has 0 heterocycles. The lowest BCUT2D eigenvalue weighted by atomic mass is 9.78. The fourth-order valence-electron chi connectivity index (χ4n) is 2.73. The van der Waals surface area contributed by atoms with Crippen LogP contribution in [0.1, 0.15) is 35.8 Å². The van der Waals surface area contributed by atoms with Crippen molar-refractivity contribution in [1.82, 2.24) is 0 Å². The highest BCUT2D eigenvalue weighted by Gasteiger charge is 2.28. The maximum Gasteiger partial charge on any atom is 0.222 e. The Kier molecular flexibility index (Phi) is 6.17. The van der Waals surface area contributed by atoms with Crippen LogP contribution >= 0.6 is 23.2 Å². The van der Waals surface area contributed by atoms with E-state index in [-0.39, 0.29) is 24.7 Å². The molecular formula is C18H16Cl2O2. The number of hydrogen-bond acceptors (Lipinski definition) is 2. The van der Waals surface area contributed by atoms with E-state index in [4.69, 9.17) is 23.2 Å². The van der Waals surface area contributed by atoms with Gasteiger partial charge in [-0.05, 0) is 46.2 Å². The highest BCUT2D eigenvalue weighted by Crippen LogP contribution is 2.39. The van der Waals surface area contributed by atoms with E-state index < -0.39 is 10.5 Å². The lowest BCUT2D eigenvalue weighted by molar-refractivity contribution is -0.114. The Labute approximate surface area is 140 Å². The zero-order chi connectivity index (χ0) is 15.9. The molecule has 2 aromatic rings. The van der Waals surface area contributed by atoms with Gasteiger partial charge in [-0.3, -0.25) is 9.59 Å². The van der Waals surface area contributed by atoms with Crippen LogP contribution in [0.4, 0.5) is 0 Å². The number of benzene rings is 2. The van der Waals surface area contributed by atoms with E-state index in [1.807, 2.05) is 60.7 Å². The second-order valence-electron chi connectivity index (χ2n) is 5.15. The van der Waals surface area contributed by atoms with Crippen LogP contribution in [-0.4, -0.2) is 10.5 Å². The third kappa shape index (κ3) is 4.69. The molecule has 0 N–H and O–H groups in total. The average molecular weight is 335 g/mol. The van der Waals surface area contributed by atoms with E-state index >= 15 is 0 Å². The first kappa shape index (κ1) is 16.7. The van der Waals surface area contributed by atoms with Gasteiger partial charge >= 0.3 is 0 Å². The highest BCUT2D eigenvalue weighted by atomic mass is 35.5. The van der Waals surface area contributed by atoms with Crippen LogP contribution in [0.3, 0.4) is 0 Å². The molecule has 114 valence electrons. The summed E-state index contributed by atoms with van der Waals surface area (Å²) in [5, 5.41) is -0.839. The van der Waals surface area contributed by atoms with Crippen molar-refractivity contribution in [3.05, 3.63) is 71.8 Å². The summed E-state index contributed by atoms with van der Waals surface area (Å²) in [6.07, 6.45) is 0.324. The molecule has 0 aromatic heterocycles. The van der Waals surface area contributed by atoms with Gasteiger partial charge < -0.3 is 0 Å². The van der Waals surface area contributed by atoms with Gasteiger partial charge in [0, 0.05) is 12.8 Å². The lowest BCUT2D eigenvalue weighted by Crippen LogP contribution is -2.16. The van der Waals surface area contributed by atoms with Crippen LogP contribution < -0.4 is 0 Å². The van der Waals surface area contributed by atoms with Gasteiger partial charge in [0.1, 0.15) is 0 Å². The molecule has 2 unspecified atom stereocenters. The Morgan fingerprint density at radius 1 is 0.682 bits per heavy atom. The maximum atomic E-state index is 11.5. The van der Waals surface area contributed by atoms with E-state index in [1.54, 1.807) is 0 Å². The standard InChI is InChI=1S/C18H16Cl2O2/c19-17(21)11-15(13-7-3-1-4-8-13)16(12-18(20)22)14-9-5-2-6-10-14/h1-10,15-16H,11-12H2. The molecule has 2 aromatic carbocycles. The first-order valence-electron chi connectivity index (χ1n) is 7.04. The Morgan fingerprint density at radius 3 is 1.27 bits per heavy atom. The molecule has 22 heavy (non-hydrogen) atoms. The molecule has 0 radical (unpaired) electrons. The van der Waals surface area contributed by atoms with Gasteiger partial charge in [-0.2, -0.15) is 0 Å². The van der Waals surface area contributed by atoms with Crippen molar-refractivity contribution in [1.29, 1.82) is 0 Å². The molecule has 0 aliphatic rings. The van der Waals surface area contributed by atoms with Crippen LogP contribution in [0.5, 0.6) is 0 Å². The van der Waals surface area contributed by atoms with Crippen LogP contribution in [0.25, 0.3) is 0 Å². The highest BCUT2D eigenvalue weighted by molar-refractivity contribution is 6.64. The SMILES string of the molecule is O=C(Cl)CC(c1ccccc1)C(CC(=O)Cl)c1ccccc1. The van der Waals surface area contributed by atoms with Gasteiger partial charge in [-0.25, -0.2) is 0 Å². The van der Waals surface area contributed by atoms with Gasteiger partial charge in [0.25, 0.3) is 0 Å². The quantitative estimate of drug-likeness (QED) is 0.677. The Balaban J connectivity index is 2.43. The van der Waals surface area contributed by atoms with E-state index in [0.717, 1.165) is 11.1 Å². The van der Waals surface area contributed by atoms with Crippen molar-refractivity contribution >= 4 is 33.7 Å². The zero-order valence-corrected chi connectivity index (χ0v) is 13.4. The van der Waals surface area contributed by atoms with Crippen molar-refractivity contribution < 1.29 is 9.59 Å². The van der Waals surface area contributed by atoms with Crippen LogP contribution in [0.2, 0.25) is 0 Å². The molecule has 0 aliphatic heterocycles. The summed E-state index contributed by atoms with van der Waals surface area (Å²) in [5.41, 5.74) is 1.95. The topological polar surface area (TPSA) is 34.1 Å². The number of halogens is 2. The maximum absolute atomic E-state index is 11.5. The molecular weight excluding hydrogens is 319 g/mol. The molecule has 0 saturated carbocycles. The largest absolute Gasteiger partial charge is 0.281 e. The number of carbonyl (C=O) groups excluding carboxylic acids is 2. The van der Waals surface area contributed by atoms with E-state index in [0.29, 0.717) is 0 Å². The van der Waals surface area contributed by atoms with Gasteiger partial charge in [0.15, 0.2) is 0 Å². The summed E-state index contributed by atoms with van der Waals surface area (Å²) in [4.78, 5) is 23.0. The van der Waals surface area contributed by atoms with Gasteiger partial charge in [-0.15, -0.1) is 0 Å². The van der Waals surface area contributed by atoms with Crippen LogP contribution in [0, 0.1) is 0 Å². The minimum absolute atomic E-state index is 0.162. The molecule has 0 amide bonds. The molecule has 0 bridgehead atoms. The molecule has 2 nitrogen and oxygen atoms in total. The summed E-state index contributed by atoms with van der Waals surface area (Å²) in [7, 11) is 0. The van der Waals surface area contributed by atoms with Crippen molar-refractivity contribution in [2.24, 2.45) is 0 Å². The first-order valence-corrected chi connectivity index (χ1v) is 7.80. The fraction of sp³-hybridized carbons (Fsp3) is 0.222. The summed E-state index contributed by atoms with van der Waals surface area (Å²) < 4.78 is 0. The van der Waals surface area contributed by atoms with E-state index in [2.05, 4.69) is 0 Å². The number of rotatable bonds is 7. The third-order valence-electron chi connectivity index (χ3n) is 3.70. The van der Waals surface area contributed by atoms with Crippen LogP contribution in [0.15, 0.2) is 60.7 Å². The summed E-state index contributed by atoms with van der Waals surface area (Å²) in [5.74, 6) is -0.368. The van der Waals surface area contributed by atoms with Crippen LogP contribution in [-0.2, 0) is 9.59 Å². The normalized spacial score (nSPS) is 13.4. The molecule has 0 aliphatic carbocycles. The summed E-state index contributed by atoms with van der Waals surface area (Å²) in [6, 6.07) is 19.2. The smallest absolute Gasteiger partial charge is 0.222 e. The van der Waals surface area contributed by atoms with Crippen molar-refractivity contribution in [3.63, 3.8) is 0 Å². The van der Waals surface area contributed by atoms with E-state index in [9.17, 15) is 9.59 Å². The second kappa shape index (κ2) is 8.11. The molecule has 0 saturated heterocycles. The predicted molar refractivity (Wildman–Crippen MR) is 89.3 cm³/mol. The minimum Gasteiger partial charge on any atom is -0.281 e. The molecule has 2 atom stereocenters. The monoisotopic (exact) mass is 334 g/mol. The fourth-order valence-corrected chi connectivity index (χ4v) is 3.06. The Bertz CT molecular complexity index is 569. The summed E-state index contributed by atoms with van der Waals surface area (Å²) in [6.45, 7) is 0. The molecule has 0 spiro atoms. The summed E-state index contributed by atoms with van der Waals surface area (Å²) >= 11 is 11.3. The Morgan fingerprint density at radius 2 is 1.00 bits per heavy atom. The predicted octanol–water partition coefficient (Wildman–Crippen LogP) is 4.87. The molecule has 2 rings (SSSR count). The number of hydrogen-bond donors (Lipinski definition) is 0. The van der Waals surface area contributed by atoms with Crippen molar-refractivity contribution in [2.75, 3.05) is 0 Å². The lowest BCUT2D eigenvalue weighted by Gasteiger charge is -2.26. The van der Waals surface area contributed by atoms with Gasteiger partial charge in [0.05, 0.1) is 0 Å². The molecule has 4 heteroatoms. The van der Waals surface area contributed by atoms with Gasteiger partial charge in [-0.1, -0.05) is 60.7 Å². The van der Waals surface area contributed by atoms with Crippen molar-refractivity contribution in [3.8, 4) is 0 Å².